The van der Waals surface area contributed by atoms with E-state index in [4.69, 9.17) is 23.2 Å². The number of benzene rings is 2. The Morgan fingerprint density at radius 3 is 2.74 bits per heavy atom. The number of hydrogen-bond donors (Lipinski definition) is 2. The molecule has 1 aliphatic rings. The van der Waals surface area contributed by atoms with E-state index in [0.717, 1.165) is 34.9 Å². The molecule has 3 aromatic rings. The third-order valence-corrected chi connectivity index (χ3v) is 6.31. The zero-order valence-corrected chi connectivity index (χ0v) is 18.8. The lowest BCUT2D eigenvalue weighted by Crippen LogP contribution is -2.38. The van der Waals surface area contributed by atoms with E-state index in [1.807, 2.05) is 36.5 Å². The summed E-state index contributed by atoms with van der Waals surface area (Å²) >= 11 is 12.4. The smallest absolute Gasteiger partial charge is 0.254 e. The SMILES string of the molecule is O=C(CNC1CCCCC1)N/N=C\c1cn(Cc2ccc(Cl)cc2Cl)c2ccccc12. The zero-order chi connectivity index (χ0) is 21.6. The summed E-state index contributed by atoms with van der Waals surface area (Å²) in [6, 6.07) is 14.1. The molecule has 0 spiro atoms. The van der Waals surface area contributed by atoms with Crippen molar-refractivity contribution in [2.45, 2.75) is 44.7 Å². The van der Waals surface area contributed by atoms with Crippen LogP contribution >= 0.6 is 23.2 Å². The molecular weight excluding hydrogens is 431 g/mol. The minimum absolute atomic E-state index is 0.126. The first-order chi connectivity index (χ1) is 15.1. The van der Waals surface area contributed by atoms with Crippen molar-refractivity contribution in [1.82, 2.24) is 15.3 Å². The summed E-state index contributed by atoms with van der Waals surface area (Å²) in [5.41, 5.74) is 5.62. The van der Waals surface area contributed by atoms with Crippen molar-refractivity contribution in [2.24, 2.45) is 5.10 Å². The molecule has 0 bridgehead atoms. The predicted molar refractivity (Wildman–Crippen MR) is 128 cm³/mol. The second-order valence-electron chi connectivity index (χ2n) is 7.97. The van der Waals surface area contributed by atoms with Gasteiger partial charge in [-0.25, -0.2) is 5.43 Å². The summed E-state index contributed by atoms with van der Waals surface area (Å²) in [5.74, 6) is -0.126. The van der Waals surface area contributed by atoms with Crippen LogP contribution in [0.15, 0.2) is 53.8 Å². The molecule has 1 saturated carbocycles. The number of nitrogens with zero attached hydrogens (tertiary/aromatic N) is 2. The fourth-order valence-electron chi connectivity index (χ4n) is 4.10. The van der Waals surface area contributed by atoms with Gasteiger partial charge in [-0.2, -0.15) is 5.10 Å². The molecule has 1 aromatic heterocycles. The summed E-state index contributed by atoms with van der Waals surface area (Å²) in [4.78, 5) is 12.1. The van der Waals surface area contributed by atoms with E-state index < -0.39 is 0 Å². The number of carbonyl (C=O) groups is 1. The number of aromatic nitrogens is 1. The highest BCUT2D eigenvalue weighted by Gasteiger charge is 2.14. The quantitative estimate of drug-likeness (QED) is 0.370. The first-order valence-corrected chi connectivity index (χ1v) is 11.4. The molecule has 1 fully saturated rings. The molecule has 31 heavy (non-hydrogen) atoms. The second kappa shape index (κ2) is 10.3. The lowest BCUT2D eigenvalue weighted by Gasteiger charge is -2.22. The van der Waals surface area contributed by atoms with Gasteiger partial charge in [0.2, 0.25) is 0 Å². The van der Waals surface area contributed by atoms with E-state index in [1.165, 1.54) is 19.3 Å². The molecule has 1 aliphatic carbocycles. The van der Waals surface area contributed by atoms with Gasteiger partial charge >= 0.3 is 0 Å². The normalized spacial score (nSPS) is 15.0. The first kappa shape index (κ1) is 21.9. The summed E-state index contributed by atoms with van der Waals surface area (Å²) < 4.78 is 2.12. The number of halogens is 2. The summed E-state index contributed by atoms with van der Waals surface area (Å²) in [5, 5.41) is 9.83. The molecule has 1 amide bonds. The molecule has 5 nitrogen and oxygen atoms in total. The van der Waals surface area contributed by atoms with Gasteiger partial charge in [0.1, 0.15) is 0 Å². The topological polar surface area (TPSA) is 58.4 Å². The highest BCUT2D eigenvalue weighted by molar-refractivity contribution is 6.35. The molecule has 2 N–H and O–H groups in total. The van der Waals surface area contributed by atoms with Gasteiger partial charge in [-0.05, 0) is 36.6 Å². The van der Waals surface area contributed by atoms with Crippen LogP contribution in [0.4, 0.5) is 0 Å². The fourth-order valence-corrected chi connectivity index (χ4v) is 4.57. The maximum absolute atomic E-state index is 12.1. The zero-order valence-electron chi connectivity index (χ0n) is 17.3. The number of carbonyl (C=O) groups excluding carboxylic acids is 1. The van der Waals surface area contributed by atoms with Gasteiger partial charge in [0, 0.05) is 45.3 Å². The van der Waals surface area contributed by atoms with E-state index in [1.54, 1.807) is 12.3 Å². The van der Waals surface area contributed by atoms with Crippen LogP contribution in [0.2, 0.25) is 10.0 Å². The lowest BCUT2D eigenvalue weighted by molar-refractivity contribution is -0.120. The van der Waals surface area contributed by atoms with Crippen molar-refractivity contribution >= 4 is 46.2 Å². The van der Waals surface area contributed by atoms with Crippen LogP contribution in [-0.4, -0.2) is 29.3 Å². The summed E-state index contributed by atoms with van der Waals surface area (Å²) in [6.45, 7) is 0.904. The molecule has 2 aromatic carbocycles. The van der Waals surface area contributed by atoms with Gasteiger partial charge < -0.3 is 9.88 Å². The van der Waals surface area contributed by atoms with Crippen molar-refractivity contribution in [3.63, 3.8) is 0 Å². The van der Waals surface area contributed by atoms with Crippen molar-refractivity contribution in [3.8, 4) is 0 Å². The average Bonchev–Trinajstić information content (AvgIpc) is 3.12. The van der Waals surface area contributed by atoms with Crippen LogP contribution in [0.1, 0.15) is 43.2 Å². The molecule has 0 radical (unpaired) electrons. The Kier molecular flexibility index (Phi) is 7.28. The van der Waals surface area contributed by atoms with E-state index in [2.05, 4.69) is 26.5 Å². The lowest BCUT2D eigenvalue weighted by atomic mass is 9.95. The molecule has 0 atom stereocenters. The maximum atomic E-state index is 12.1. The molecule has 0 saturated heterocycles. The largest absolute Gasteiger partial charge is 0.342 e. The van der Waals surface area contributed by atoms with E-state index in [9.17, 15) is 4.79 Å². The molecule has 0 aliphatic heterocycles. The minimum atomic E-state index is -0.126. The van der Waals surface area contributed by atoms with E-state index in [-0.39, 0.29) is 5.91 Å². The van der Waals surface area contributed by atoms with Crippen molar-refractivity contribution < 1.29 is 4.79 Å². The van der Waals surface area contributed by atoms with Gasteiger partial charge in [-0.1, -0.05) is 66.7 Å². The molecule has 1 heterocycles. The number of nitrogens with one attached hydrogen (secondary N) is 2. The van der Waals surface area contributed by atoms with Gasteiger partial charge in [0.15, 0.2) is 0 Å². The van der Waals surface area contributed by atoms with E-state index in [0.29, 0.717) is 29.2 Å². The molecule has 162 valence electrons. The van der Waals surface area contributed by atoms with Gasteiger partial charge in [0.05, 0.1) is 12.8 Å². The second-order valence-corrected chi connectivity index (χ2v) is 8.82. The highest BCUT2D eigenvalue weighted by atomic mass is 35.5. The number of rotatable bonds is 7. The number of hydrazone groups is 1. The Morgan fingerprint density at radius 2 is 1.94 bits per heavy atom. The number of fused-ring (bicyclic) bond motifs is 1. The Balaban J connectivity index is 1.43. The van der Waals surface area contributed by atoms with Crippen LogP contribution in [-0.2, 0) is 11.3 Å². The minimum Gasteiger partial charge on any atom is -0.342 e. The summed E-state index contributed by atoms with van der Waals surface area (Å²) in [6.07, 6.45) is 9.78. The van der Waals surface area contributed by atoms with Gasteiger partial charge in [-0.15, -0.1) is 0 Å². The Labute approximate surface area is 192 Å². The van der Waals surface area contributed by atoms with Crippen LogP contribution < -0.4 is 10.7 Å². The standard InChI is InChI=1S/C24H26Cl2N4O/c25-19-11-10-17(22(26)12-19)15-30-16-18(21-8-4-5-9-23(21)30)13-28-29-24(31)14-27-20-6-2-1-3-7-20/h4-5,8-13,16,20,27H,1-3,6-7,14-15H2,(H,29,31)/b28-13-. The number of amides is 1. The van der Waals surface area contributed by atoms with Gasteiger partial charge in [0.25, 0.3) is 5.91 Å². The van der Waals surface area contributed by atoms with Crippen LogP contribution in [0, 0.1) is 0 Å². The molecular formula is C24H26Cl2N4O. The third kappa shape index (κ3) is 5.67. The third-order valence-electron chi connectivity index (χ3n) is 5.72. The van der Waals surface area contributed by atoms with Gasteiger partial charge in [-0.3, -0.25) is 4.79 Å². The van der Waals surface area contributed by atoms with Crippen molar-refractivity contribution in [3.05, 3.63) is 69.8 Å². The highest BCUT2D eigenvalue weighted by Crippen LogP contribution is 2.25. The van der Waals surface area contributed by atoms with Crippen LogP contribution in [0.5, 0.6) is 0 Å². The Morgan fingerprint density at radius 1 is 1.13 bits per heavy atom. The predicted octanol–water partition coefficient (Wildman–Crippen LogP) is 5.37. The van der Waals surface area contributed by atoms with Crippen molar-refractivity contribution in [1.29, 1.82) is 0 Å². The average molecular weight is 457 g/mol. The maximum Gasteiger partial charge on any atom is 0.254 e. The molecule has 7 heteroatoms. The molecule has 0 unspecified atom stereocenters. The molecule has 4 rings (SSSR count). The van der Waals surface area contributed by atoms with Crippen LogP contribution in [0.3, 0.4) is 0 Å². The van der Waals surface area contributed by atoms with Crippen LogP contribution in [0.25, 0.3) is 10.9 Å². The fraction of sp³-hybridized carbons (Fsp3) is 0.333. The number of para-hydroxylation sites is 1. The summed E-state index contributed by atoms with van der Waals surface area (Å²) in [7, 11) is 0. The first-order valence-electron chi connectivity index (χ1n) is 10.7. The Hall–Kier alpha value is -2.34. The van der Waals surface area contributed by atoms with Crippen molar-refractivity contribution in [2.75, 3.05) is 6.54 Å². The monoisotopic (exact) mass is 456 g/mol. The van der Waals surface area contributed by atoms with E-state index >= 15 is 0 Å². The Bertz CT molecular complexity index is 1090. The number of hydrogen-bond acceptors (Lipinski definition) is 3.